The molecule has 1 amide bonds. The summed E-state index contributed by atoms with van der Waals surface area (Å²) < 4.78 is 26.0. The van der Waals surface area contributed by atoms with E-state index in [1.165, 1.54) is 0 Å². The van der Waals surface area contributed by atoms with Crippen LogP contribution >= 0.6 is 0 Å². The Bertz CT molecular complexity index is 1380. The summed E-state index contributed by atoms with van der Waals surface area (Å²) in [7, 11) is 0. The summed E-state index contributed by atoms with van der Waals surface area (Å²) in [6.07, 6.45) is 3.64. The summed E-state index contributed by atoms with van der Waals surface area (Å²) >= 11 is -1.01. The van der Waals surface area contributed by atoms with Crippen LogP contribution in [0.15, 0.2) is 71.9 Å². The van der Waals surface area contributed by atoms with Crippen LogP contribution in [0, 0.1) is 0 Å². The van der Waals surface area contributed by atoms with Crippen LogP contribution in [-0.2, 0) is 28.2 Å². The Morgan fingerprint density at radius 3 is 2.81 bits per heavy atom. The summed E-state index contributed by atoms with van der Waals surface area (Å²) in [4.78, 5) is 16.2. The zero-order chi connectivity index (χ0) is 24.5. The minimum atomic E-state index is -1.01. The van der Waals surface area contributed by atoms with Gasteiger partial charge in [-0.1, -0.05) is 18.2 Å². The number of hydrogen-bond donors (Lipinski definition) is 1. The van der Waals surface area contributed by atoms with Crippen LogP contribution in [0.1, 0.15) is 16.1 Å². The second-order valence-electron chi connectivity index (χ2n) is 8.61. The van der Waals surface area contributed by atoms with Crippen molar-refractivity contribution in [3.8, 4) is 22.7 Å². The van der Waals surface area contributed by atoms with Gasteiger partial charge in [-0.3, -0.25) is 9.48 Å². The zero-order valence-electron chi connectivity index (χ0n) is 19.6. The van der Waals surface area contributed by atoms with Crippen LogP contribution < -0.4 is 4.74 Å². The lowest BCUT2D eigenvalue weighted by molar-refractivity contribution is 0.0298. The van der Waals surface area contributed by atoms with Gasteiger partial charge >= 0.3 is 0 Å². The van der Waals surface area contributed by atoms with Crippen molar-refractivity contribution < 1.29 is 18.8 Å². The van der Waals surface area contributed by atoms with E-state index in [1.807, 2.05) is 70.2 Å². The number of amides is 1. The van der Waals surface area contributed by atoms with Crippen molar-refractivity contribution >= 4 is 17.1 Å². The van der Waals surface area contributed by atoms with E-state index in [0.29, 0.717) is 56.7 Å². The van der Waals surface area contributed by atoms with E-state index < -0.39 is 11.2 Å². The summed E-state index contributed by atoms with van der Waals surface area (Å²) in [5.74, 6) is 0.935. The minimum Gasteiger partial charge on any atom is -0.492 e. The van der Waals surface area contributed by atoms with Gasteiger partial charge in [-0.05, 0) is 30.3 Å². The lowest BCUT2D eigenvalue weighted by Crippen LogP contribution is -2.41. The molecule has 4 aromatic rings. The zero-order valence-corrected chi connectivity index (χ0v) is 20.4. The molecule has 1 fully saturated rings. The van der Waals surface area contributed by atoms with Crippen LogP contribution in [0.4, 0.5) is 0 Å². The second-order valence-corrected chi connectivity index (χ2v) is 10.1. The van der Waals surface area contributed by atoms with Crippen molar-refractivity contribution in [2.24, 2.45) is 0 Å². The Labute approximate surface area is 211 Å². The Kier molecular flexibility index (Phi) is 6.22. The van der Waals surface area contributed by atoms with Gasteiger partial charge in [0, 0.05) is 31.5 Å². The topological polar surface area (TPSA) is 94.6 Å². The van der Waals surface area contributed by atoms with Gasteiger partial charge in [0.05, 0.1) is 42.3 Å². The molecule has 2 aromatic heterocycles. The van der Waals surface area contributed by atoms with Crippen LogP contribution in [-0.4, -0.2) is 67.8 Å². The van der Waals surface area contributed by atoms with Gasteiger partial charge in [-0.15, -0.1) is 0 Å². The molecule has 1 N–H and O–H groups in total. The number of fused-ring (bicyclic) bond motifs is 3. The molecular formula is C26H26N5O4S+. The largest absolute Gasteiger partial charge is 0.492 e. The molecule has 0 aliphatic carbocycles. The summed E-state index contributed by atoms with van der Waals surface area (Å²) in [6.45, 7) is 3.19. The number of aromatic nitrogens is 4. The van der Waals surface area contributed by atoms with Gasteiger partial charge in [-0.2, -0.15) is 14.8 Å². The van der Waals surface area contributed by atoms with Gasteiger partial charge < -0.3 is 14.4 Å². The number of carbonyl (C=O) groups excluding carboxylic acids is 1. The Hall–Kier alpha value is -3.60. The van der Waals surface area contributed by atoms with E-state index in [9.17, 15) is 9.35 Å². The smallest absolute Gasteiger partial charge is 0.275 e. The number of rotatable bonds is 6. The summed E-state index contributed by atoms with van der Waals surface area (Å²) in [5.41, 5.74) is 3.69. The van der Waals surface area contributed by atoms with Crippen LogP contribution in [0.3, 0.4) is 0 Å². The van der Waals surface area contributed by atoms with Gasteiger partial charge in [0.1, 0.15) is 12.4 Å². The molecule has 36 heavy (non-hydrogen) atoms. The van der Waals surface area contributed by atoms with Gasteiger partial charge in [0.15, 0.2) is 27.5 Å². The SMILES string of the molecule is O=C(c1nn(-c2cccc(OCCn3cccn3)c2)c2c1C[S+](O)c1ccccc1-2)N1CCOCC1. The first kappa shape index (κ1) is 22.8. The van der Waals surface area contributed by atoms with Crippen molar-refractivity contribution in [3.63, 3.8) is 0 Å². The monoisotopic (exact) mass is 504 g/mol. The lowest BCUT2D eigenvalue weighted by Gasteiger charge is -2.26. The summed E-state index contributed by atoms with van der Waals surface area (Å²) in [6, 6.07) is 17.4. The fraction of sp³-hybridized carbons (Fsp3) is 0.269. The third-order valence-electron chi connectivity index (χ3n) is 6.37. The fourth-order valence-corrected chi connectivity index (χ4v) is 5.97. The number of benzene rings is 2. The van der Waals surface area contributed by atoms with E-state index >= 15 is 0 Å². The Morgan fingerprint density at radius 1 is 1.11 bits per heavy atom. The maximum Gasteiger partial charge on any atom is 0.275 e. The second kappa shape index (κ2) is 9.81. The Balaban J connectivity index is 1.39. The van der Waals surface area contributed by atoms with Crippen molar-refractivity contribution in [2.75, 3.05) is 32.9 Å². The number of morpholine rings is 1. The molecule has 1 atom stereocenters. The molecule has 1 saturated heterocycles. The van der Waals surface area contributed by atoms with Crippen molar-refractivity contribution in [1.82, 2.24) is 24.5 Å². The molecule has 2 aliphatic heterocycles. The highest BCUT2D eigenvalue weighted by Crippen LogP contribution is 2.41. The quantitative estimate of drug-likeness (QED) is 0.405. The van der Waals surface area contributed by atoms with Gasteiger partial charge in [0.2, 0.25) is 0 Å². The summed E-state index contributed by atoms with van der Waals surface area (Å²) in [5, 5.41) is 9.05. The predicted molar refractivity (Wildman–Crippen MR) is 135 cm³/mol. The number of hydrogen-bond acceptors (Lipinski definition) is 6. The molecule has 9 nitrogen and oxygen atoms in total. The molecule has 10 heteroatoms. The Morgan fingerprint density at radius 2 is 1.97 bits per heavy atom. The van der Waals surface area contributed by atoms with Crippen molar-refractivity contribution in [3.05, 3.63) is 78.2 Å². The van der Waals surface area contributed by atoms with E-state index in [2.05, 4.69) is 5.10 Å². The maximum atomic E-state index is 13.5. The fourth-order valence-electron chi connectivity index (χ4n) is 4.62. The molecule has 0 spiro atoms. The van der Waals surface area contributed by atoms with E-state index in [1.54, 1.807) is 11.1 Å². The average molecular weight is 505 g/mol. The molecule has 1 unspecified atom stereocenters. The normalized spacial score (nSPS) is 16.9. The number of ether oxygens (including phenoxy) is 2. The molecule has 0 radical (unpaired) electrons. The van der Waals surface area contributed by atoms with Crippen molar-refractivity contribution in [2.45, 2.75) is 17.2 Å². The first-order valence-electron chi connectivity index (χ1n) is 11.9. The predicted octanol–water partition coefficient (Wildman–Crippen LogP) is 3.25. The number of nitrogens with zero attached hydrogens (tertiary/aromatic N) is 5. The third-order valence-corrected chi connectivity index (χ3v) is 7.80. The molecule has 0 bridgehead atoms. The highest BCUT2D eigenvalue weighted by Gasteiger charge is 2.40. The van der Waals surface area contributed by atoms with E-state index in [0.717, 1.165) is 27.4 Å². The van der Waals surface area contributed by atoms with E-state index in [-0.39, 0.29) is 5.91 Å². The third kappa shape index (κ3) is 4.27. The standard InChI is InChI=1S/C26H26N5O4S/c32-26(29-11-14-34-15-12-29)24-22-18-36(33)23-8-2-1-7-21(23)25(22)31(28-24)19-5-3-6-20(17-19)35-16-13-30-10-4-9-27-30/h1-10,17,33H,11-16,18H2/q+1. The molecule has 184 valence electrons. The first-order chi connectivity index (χ1) is 17.7. The maximum absolute atomic E-state index is 13.5. The first-order valence-corrected chi connectivity index (χ1v) is 13.2. The van der Waals surface area contributed by atoms with Crippen LogP contribution in [0.25, 0.3) is 16.9 Å². The molecule has 4 heterocycles. The molecule has 2 aliphatic rings. The highest BCUT2D eigenvalue weighted by molar-refractivity contribution is 7.91. The van der Waals surface area contributed by atoms with Gasteiger partial charge in [0.25, 0.3) is 5.91 Å². The molecule has 6 rings (SSSR count). The number of carbonyl (C=O) groups is 1. The molecule has 2 aromatic carbocycles. The lowest BCUT2D eigenvalue weighted by atomic mass is 10.0. The van der Waals surface area contributed by atoms with Crippen LogP contribution in [0.2, 0.25) is 0 Å². The molecule has 0 saturated carbocycles. The highest BCUT2D eigenvalue weighted by atomic mass is 32.2. The van der Waals surface area contributed by atoms with E-state index in [4.69, 9.17) is 14.6 Å². The van der Waals surface area contributed by atoms with Crippen molar-refractivity contribution in [1.29, 1.82) is 0 Å². The minimum absolute atomic E-state index is 0.128. The molecular weight excluding hydrogens is 478 g/mol. The van der Waals surface area contributed by atoms with Crippen LogP contribution in [0.5, 0.6) is 5.75 Å². The van der Waals surface area contributed by atoms with Gasteiger partial charge in [-0.25, -0.2) is 4.68 Å². The average Bonchev–Trinajstić information content (AvgIpc) is 3.57.